The zero-order valence-corrected chi connectivity index (χ0v) is 12.4. The molecule has 0 aromatic heterocycles. The topological polar surface area (TPSA) is 29.1 Å². The molecular weight excluding hydrogens is 270 g/mol. The van der Waals surface area contributed by atoms with E-state index >= 15 is 0 Å². The molecule has 0 saturated heterocycles. The number of rotatable bonds is 4. The molecule has 0 aliphatic rings. The van der Waals surface area contributed by atoms with Gasteiger partial charge in [0.1, 0.15) is 0 Å². The van der Waals surface area contributed by atoms with Crippen molar-refractivity contribution in [3.05, 3.63) is 65.2 Å². The summed E-state index contributed by atoms with van der Waals surface area (Å²) in [7, 11) is 0. The molecule has 20 heavy (non-hydrogen) atoms. The highest BCUT2D eigenvalue weighted by molar-refractivity contribution is 6.17. The van der Waals surface area contributed by atoms with Gasteiger partial charge in [0.05, 0.1) is 0 Å². The molecular formula is C17H18ClNO. The van der Waals surface area contributed by atoms with E-state index in [2.05, 4.69) is 19.2 Å². The van der Waals surface area contributed by atoms with E-state index in [0.717, 1.165) is 11.3 Å². The quantitative estimate of drug-likeness (QED) is 0.804. The first-order valence-corrected chi connectivity index (χ1v) is 7.20. The van der Waals surface area contributed by atoms with Crippen molar-refractivity contribution in [2.45, 2.75) is 25.6 Å². The first-order chi connectivity index (χ1) is 9.60. The lowest BCUT2D eigenvalue weighted by molar-refractivity contribution is 0.102. The fraction of sp³-hybridized carbons (Fsp3) is 0.235. The second-order valence-electron chi connectivity index (χ2n) is 5.06. The van der Waals surface area contributed by atoms with Crippen LogP contribution in [-0.4, -0.2) is 5.91 Å². The average Bonchev–Trinajstić information content (AvgIpc) is 2.48. The molecule has 0 spiro atoms. The Labute approximate surface area is 124 Å². The van der Waals surface area contributed by atoms with Crippen LogP contribution in [0.3, 0.4) is 0 Å². The summed E-state index contributed by atoms with van der Waals surface area (Å²) in [6.45, 7) is 4.29. The molecule has 0 aliphatic heterocycles. The maximum Gasteiger partial charge on any atom is 0.255 e. The largest absolute Gasteiger partial charge is 0.322 e. The highest BCUT2D eigenvalue weighted by atomic mass is 35.5. The summed E-state index contributed by atoms with van der Waals surface area (Å²) in [5.74, 6) is 0.838. The van der Waals surface area contributed by atoms with Gasteiger partial charge in [0.25, 0.3) is 5.91 Å². The number of anilines is 1. The number of alkyl halides is 1. The number of carbonyl (C=O) groups is 1. The van der Waals surface area contributed by atoms with Crippen LogP contribution in [0.4, 0.5) is 5.69 Å². The normalized spacial score (nSPS) is 10.6. The molecule has 0 heterocycles. The Morgan fingerprint density at radius 3 is 2.15 bits per heavy atom. The smallest absolute Gasteiger partial charge is 0.255 e. The molecule has 0 saturated carbocycles. The fourth-order valence-electron chi connectivity index (χ4n) is 1.90. The van der Waals surface area contributed by atoms with Crippen molar-refractivity contribution in [1.82, 2.24) is 0 Å². The Bertz CT molecular complexity index is 573. The highest BCUT2D eigenvalue weighted by Gasteiger charge is 2.06. The van der Waals surface area contributed by atoms with Crippen LogP contribution in [0, 0.1) is 0 Å². The SMILES string of the molecule is CC(C)c1ccc(NC(=O)c2ccc(CCl)cc2)cc1. The van der Waals surface area contributed by atoms with Crippen LogP contribution in [0.1, 0.15) is 41.3 Å². The number of hydrogen-bond acceptors (Lipinski definition) is 1. The van der Waals surface area contributed by atoms with E-state index in [0.29, 0.717) is 17.4 Å². The molecule has 0 unspecified atom stereocenters. The van der Waals surface area contributed by atoms with Gasteiger partial charge in [0.2, 0.25) is 0 Å². The Kier molecular flexibility index (Phi) is 4.80. The minimum Gasteiger partial charge on any atom is -0.322 e. The van der Waals surface area contributed by atoms with Gasteiger partial charge in [-0.1, -0.05) is 38.1 Å². The van der Waals surface area contributed by atoms with Crippen LogP contribution < -0.4 is 5.32 Å². The van der Waals surface area contributed by atoms with E-state index in [4.69, 9.17) is 11.6 Å². The second kappa shape index (κ2) is 6.58. The average molecular weight is 288 g/mol. The Morgan fingerprint density at radius 2 is 1.65 bits per heavy atom. The Morgan fingerprint density at radius 1 is 1.05 bits per heavy atom. The minimum absolute atomic E-state index is 0.108. The lowest BCUT2D eigenvalue weighted by Crippen LogP contribution is -2.11. The molecule has 0 atom stereocenters. The Hall–Kier alpha value is -1.80. The van der Waals surface area contributed by atoms with E-state index < -0.39 is 0 Å². The lowest BCUT2D eigenvalue weighted by Gasteiger charge is -2.08. The molecule has 0 aliphatic carbocycles. The Balaban J connectivity index is 2.06. The summed E-state index contributed by atoms with van der Waals surface area (Å²) in [5, 5.41) is 2.89. The van der Waals surface area contributed by atoms with Crippen molar-refractivity contribution < 1.29 is 4.79 Å². The van der Waals surface area contributed by atoms with E-state index in [9.17, 15) is 4.79 Å². The van der Waals surface area contributed by atoms with Crippen LogP contribution in [-0.2, 0) is 5.88 Å². The van der Waals surface area contributed by atoms with Crippen LogP contribution in [0.15, 0.2) is 48.5 Å². The number of hydrogen-bond donors (Lipinski definition) is 1. The molecule has 2 rings (SSSR count). The third kappa shape index (κ3) is 3.61. The van der Waals surface area contributed by atoms with Crippen LogP contribution >= 0.6 is 11.6 Å². The van der Waals surface area contributed by atoms with Gasteiger partial charge in [-0.3, -0.25) is 4.79 Å². The van der Waals surface area contributed by atoms with Crippen molar-refractivity contribution in [3.63, 3.8) is 0 Å². The van der Waals surface area contributed by atoms with Crippen molar-refractivity contribution in [2.75, 3.05) is 5.32 Å². The molecule has 0 radical (unpaired) electrons. The number of carbonyl (C=O) groups excluding carboxylic acids is 1. The van der Waals surface area contributed by atoms with Gasteiger partial charge in [0, 0.05) is 17.1 Å². The van der Waals surface area contributed by atoms with Gasteiger partial charge >= 0.3 is 0 Å². The molecule has 1 amide bonds. The van der Waals surface area contributed by atoms with Crippen molar-refractivity contribution in [1.29, 1.82) is 0 Å². The van der Waals surface area contributed by atoms with Crippen molar-refractivity contribution in [3.8, 4) is 0 Å². The van der Waals surface area contributed by atoms with Gasteiger partial charge in [-0.2, -0.15) is 0 Å². The van der Waals surface area contributed by atoms with Crippen molar-refractivity contribution in [2.24, 2.45) is 0 Å². The van der Waals surface area contributed by atoms with Gasteiger partial charge in [0.15, 0.2) is 0 Å². The van der Waals surface area contributed by atoms with Crippen LogP contribution in [0.25, 0.3) is 0 Å². The summed E-state index contributed by atoms with van der Waals surface area (Å²) in [6, 6.07) is 15.2. The molecule has 2 aromatic rings. The van der Waals surface area contributed by atoms with Crippen LogP contribution in [0.5, 0.6) is 0 Å². The zero-order valence-electron chi connectivity index (χ0n) is 11.7. The first kappa shape index (κ1) is 14.6. The number of nitrogens with one attached hydrogen (secondary N) is 1. The summed E-state index contributed by atoms with van der Waals surface area (Å²) in [6.07, 6.45) is 0. The van der Waals surface area contributed by atoms with Gasteiger partial charge in [-0.25, -0.2) is 0 Å². The first-order valence-electron chi connectivity index (χ1n) is 6.66. The molecule has 0 bridgehead atoms. The molecule has 2 aromatic carbocycles. The monoisotopic (exact) mass is 287 g/mol. The maximum atomic E-state index is 12.1. The molecule has 0 fully saturated rings. The molecule has 104 valence electrons. The third-order valence-electron chi connectivity index (χ3n) is 3.21. The van der Waals surface area contributed by atoms with Gasteiger partial charge < -0.3 is 5.32 Å². The summed E-state index contributed by atoms with van der Waals surface area (Å²) in [4.78, 5) is 12.1. The van der Waals surface area contributed by atoms with Gasteiger partial charge in [-0.15, -0.1) is 11.6 Å². The summed E-state index contributed by atoms with van der Waals surface area (Å²) >= 11 is 5.73. The molecule has 1 N–H and O–H groups in total. The van der Waals surface area contributed by atoms with Crippen molar-refractivity contribution >= 4 is 23.2 Å². The number of amides is 1. The number of benzene rings is 2. The predicted molar refractivity (Wildman–Crippen MR) is 84.5 cm³/mol. The standard InChI is InChI=1S/C17H18ClNO/c1-12(2)14-7-9-16(10-8-14)19-17(20)15-5-3-13(11-18)4-6-15/h3-10,12H,11H2,1-2H3,(H,19,20). The van der Waals surface area contributed by atoms with E-state index in [-0.39, 0.29) is 5.91 Å². The lowest BCUT2D eigenvalue weighted by atomic mass is 10.0. The summed E-state index contributed by atoms with van der Waals surface area (Å²) < 4.78 is 0. The second-order valence-corrected chi connectivity index (χ2v) is 5.33. The van der Waals surface area contributed by atoms with Crippen LogP contribution in [0.2, 0.25) is 0 Å². The van der Waals surface area contributed by atoms with E-state index in [1.54, 1.807) is 12.1 Å². The molecule has 2 nitrogen and oxygen atoms in total. The maximum absolute atomic E-state index is 12.1. The zero-order chi connectivity index (χ0) is 14.5. The summed E-state index contributed by atoms with van der Waals surface area (Å²) in [5.41, 5.74) is 3.70. The predicted octanol–water partition coefficient (Wildman–Crippen LogP) is 4.80. The van der Waals surface area contributed by atoms with E-state index in [1.807, 2.05) is 36.4 Å². The molecule has 3 heteroatoms. The van der Waals surface area contributed by atoms with Gasteiger partial charge in [-0.05, 0) is 41.3 Å². The van der Waals surface area contributed by atoms with E-state index in [1.165, 1.54) is 5.56 Å². The number of halogens is 1. The third-order valence-corrected chi connectivity index (χ3v) is 3.51. The highest BCUT2D eigenvalue weighted by Crippen LogP contribution is 2.18. The minimum atomic E-state index is -0.108. The fourth-order valence-corrected chi connectivity index (χ4v) is 2.08.